The van der Waals surface area contributed by atoms with Gasteiger partial charge in [-0.15, -0.1) is 0 Å². The zero-order chi connectivity index (χ0) is 28.5. The summed E-state index contributed by atoms with van der Waals surface area (Å²) in [5.74, 6) is -2.45. The van der Waals surface area contributed by atoms with Gasteiger partial charge < -0.3 is 8.92 Å². The van der Waals surface area contributed by atoms with Crippen molar-refractivity contribution in [1.82, 2.24) is 5.32 Å². The Labute approximate surface area is 240 Å². The highest BCUT2D eigenvalue weighted by Crippen LogP contribution is 2.37. The molecule has 0 unspecified atom stereocenters. The quantitative estimate of drug-likeness (QED) is 0.171. The minimum absolute atomic E-state index is 0.0352. The van der Waals surface area contributed by atoms with Crippen molar-refractivity contribution in [2.45, 2.75) is 11.8 Å². The van der Waals surface area contributed by atoms with Crippen LogP contribution in [0.5, 0.6) is 5.75 Å². The van der Waals surface area contributed by atoms with E-state index in [0.29, 0.717) is 5.56 Å². The number of anilines is 1. The number of rotatable bonds is 6. The maximum Gasteiger partial charge on any atom is 0.339 e. The van der Waals surface area contributed by atoms with Gasteiger partial charge in [0.2, 0.25) is 0 Å². The number of imide groups is 2. The Morgan fingerprint density at radius 1 is 0.949 bits per heavy atom. The first-order chi connectivity index (χ1) is 18.4. The van der Waals surface area contributed by atoms with Crippen molar-refractivity contribution in [1.29, 1.82) is 0 Å². The van der Waals surface area contributed by atoms with Crippen LogP contribution in [-0.4, -0.2) is 39.3 Å². The third kappa shape index (κ3) is 5.95. The number of ether oxygens (including phenoxy) is 1. The van der Waals surface area contributed by atoms with Crippen LogP contribution in [0.15, 0.2) is 80.1 Å². The van der Waals surface area contributed by atoms with Crippen LogP contribution >= 0.6 is 31.9 Å². The maximum absolute atomic E-state index is 13.2. The van der Waals surface area contributed by atoms with E-state index >= 15 is 0 Å². The van der Waals surface area contributed by atoms with Crippen molar-refractivity contribution in [3.8, 4) is 5.75 Å². The lowest BCUT2D eigenvalue weighted by molar-refractivity contribution is -0.122. The number of carbonyl (C=O) groups excluding carboxylic acids is 4. The fraction of sp³-hybridized carbons (Fsp3) is 0.0769. The SMILES string of the molecule is COC(=O)c1ccc(N2C(=O)NC(=O)/C(=C\c3cc(Br)c(OS(=O)(=O)c4ccc(C)cc4)c(Br)c3)C2=O)cc1. The van der Waals surface area contributed by atoms with Crippen molar-refractivity contribution in [2.24, 2.45) is 0 Å². The van der Waals surface area contributed by atoms with Crippen LogP contribution in [0.1, 0.15) is 21.5 Å². The molecule has 13 heteroatoms. The predicted molar refractivity (Wildman–Crippen MR) is 148 cm³/mol. The molecule has 1 N–H and O–H groups in total. The summed E-state index contributed by atoms with van der Waals surface area (Å²) in [6, 6.07) is 13.6. The minimum Gasteiger partial charge on any atom is -0.465 e. The van der Waals surface area contributed by atoms with Gasteiger partial charge >= 0.3 is 22.1 Å². The Morgan fingerprint density at radius 2 is 1.54 bits per heavy atom. The number of methoxy groups -OCH3 is 1. The van der Waals surface area contributed by atoms with Gasteiger partial charge in [0.05, 0.1) is 27.3 Å². The molecule has 0 radical (unpaired) electrons. The molecular formula is C26H18Br2N2O8S. The van der Waals surface area contributed by atoms with Crippen LogP contribution in [0, 0.1) is 6.92 Å². The van der Waals surface area contributed by atoms with Gasteiger partial charge in [-0.25, -0.2) is 14.5 Å². The number of hydrogen-bond donors (Lipinski definition) is 1. The third-order valence-electron chi connectivity index (χ3n) is 5.48. The normalized spacial score (nSPS) is 14.8. The van der Waals surface area contributed by atoms with Gasteiger partial charge in [-0.1, -0.05) is 17.7 Å². The number of carbonyl (C=O) groups is 4. The van der Waals surface area contributed by atoms with Crippen LogP contribution in [0.25, 0.3) is 6.08 Å². The molecule has 0 aliphatic carbocycles. The molecule has 1 aliphatic rings. The molecule has 3 aromatic rings. The van der Waals surface area contributed by atoms with Crippen molar-refractivity contribution in [2.75, 3.05) is 12.0 Å². The first kappa shape index (κ1) is 28.2. The lowest BCUT2D eigenvalue weighted by atomic mass is 10.1. The molecular weight excluding hydrogens is 660 g/mol. The average molecular weight is 678 g/mol. The molecule has 3 aromatic carbocycles. The lowest BCUT2D eigenvalue weighted by Crippen LogP contribution is -2.54. The van der Waals surface area contributed by atoms with E-state index in [0.717, 1.165) is 10.5 Å². The molecule has 1 heterocycles. The van der Waals surface area contributed by atoms with Crippen LogP contribution in [-0.2, 0) is 24.4 Å². The monoisotopic (exact) mass is 676 g/mol. The summed E-state index contributed by atoms with van der Waals surface area (Å²) >= 11 is 6.55. The van der Waals surface area contributed by atoms with E-state index in [4.69, 9.17) is 4.18 Å². The highest BCUT2D eigenvalue weighted by atomic mass is 79.9. The van der Waals surface area contributed by atoms with Gasteiger partial charge in [0.25, 0.3) is 11.8 Å². The second-order valence-electron chi connectivity index (χ2n) is 8.16. The second kappa shape index (κ2) is 11.1. The zero-order valence-corrected chi connectivity index (χ0v) is 24.2. The molecule has 4 rings (SSSR count). The van der Waals surface area contributed by atoms with E-state index in [9.17, 15) is 27.6 Å². The smallest absolute Gasteiger partial charge is 0.339 e. The molecule has 1 aliphatic heterocycles. The Hall–Kier alpha value is -3.81. The molecule has 0 atom stereocenters. The number of halogens is 2. The van der Waals surface area contributed by atoms with Gasteiger partial charge in [0, 0.05) is 0 Å². The summed E-state index contributed by atoms with van der Waals surface area (Å²) in [7, 11) is -2.93. The number of nitrogens with zero attached hydrogens (tertiary/aromatic N) is 1. The van der Waals surface area contributed by atoms with E-state index < -0.39 is 33.9 Å². The number of amides is 4. The van der Waals surface area contributed by atoms with Crippen LogP contribution in [0.2, 0.25) is 0 Å². The van der Waals surface area contributed by atoms with E-state index in [2.05, 4.69) is 41.9 Å². The largest absolute Gasteiger partial charge is 0.465 e. The molecule has 1 saturated heterocycles. The Morgan fingerprint density at radius 3 is 2.10 bits per heavy atom. The van der Waals surface area contributed by atoms with Gasteiger partial charge in [-0.05, 0) is 99.0 Å². The molecule has 4 amide bonds. The van der Waals surface area contributed by atoms with Gasteiger partial charge in [0.1, 0.15) is 10.5 Å². The molecule has 39 heavy (non-hydrogen) atoms. The van der Waals surface area contributed by atoms with Crippen molar-refractivity contribution >= 4 is 77.6 Å². The summed E-state index contributed by atoms with van der Waals surface area (Å²) in [6.45, 7) is 1.82. The van der Waals surface area contributed by atoms with Gasteiger partial charge in [-0.3, -0.25) is 14.9 Å². The number of barbiturate groups is 1. The molecule has 10 nitrogen and oxygen atoms in total. The number of urea groups is 1. The molecule has 0 bridgehead atoms. The Balaban J connectivity index is 1.64. The predicted octanol–water partition coefficient (Wildman–Crippen LogP) is 4.74. The maximum atomic E-state index is 13.2. The number of hydrogen-bond acceptors (Lipinski definition) is 8. The summed E-state index contributed by atoms with van der Waals surface area (Å²) in [5.41, 5.74) is 1.18. The number of aryl methyl sites for hydroxylation is 1. The van der Waals surface area contributed by atoms with Crippen LogP contribution < -0.4 is 14.4 Å². The van der Waals surface area contributed by atoms with Crippen molar-refractivity contribution in [3.63, 3.8) is 0 Å². The summed E-state index contributed by atoms with van der Waals surface area (Å²) in [4.78, 5) is 50.6. The summed E-state index contributed by atoms with van der Waals surface area (Å²) < 4.78 is 35.9. The summed E-state index contributed by atoms with van der Waals surface area (Å²) in [5, 5.41) is 2.11. The zero-order valence-electron chi connectivity index (χ0n) is 20.2. The molecule has 0 spiro atoms. The number of benzene rings is 3. The van der Waals surface area contributed by atoms with E-state index in [1.807, 2.05) is 6.92 Å². The minimum atomic E-state index is -4.15. The van der Waals surface area contributed by atoms with E-state index in [1.165, 1.54) is 61.7 Å². The lowest BCUT2D eigenvalue weighted by Gasteiger charge is -2.26. The second-order valence-corrected chi connectivity index (χ2v) is 11.4. The molecule has 200 valence electrons. The topological polar surface area (TPSA) is 136 Å². The average Bonchev–Trinajstić information content (AvgIpc) is 2.89. The summed E-state index contributed by atoms with van der Waals surface area (Å²) in [6.07, 6.45) is 1.24. The fourth-order valence-corrected chi connectivity index (χ4v) is 6.09. The standard InChI is InChI=1S/C26H18Br2N2O8S/c1-14-3-9-18(10-4-14)39(35,36)38-22-20(27)12-15(13-21(22)28)11-19-23(31)29-26(34)30(24(19)32)17-7-5-16(6-8-17)25(33)37-2/h3-13H,1-2H3,(H,29,31,34)/b19-11+. The molecule has 0 aromatic heterocycles. The number of esters is 1. The van der Waals surface area contributed by atoms with Crippen molar-refractivity contribution < 1.29 is 36.5 Å². The Bertz CT molecular complexity index is 1630. The third-order valence-corrected chi connectivity index (χ3v) is 7.90. The Kier molecular flexibility index (Phi) is 8.04. The van der Waals surface area contributed by atoms with Crippen LogP contribution in [0.4, 0.5) is 10.5 Å². The van der Waals surface area contributed by atoms with Gasteiger partial charge in [0.15, 0.2) is 5.75 Å². The molecule has 1 fully saturated rings. The first-order valence-corrected chi connectivity index (χ1v) is 14.0. The first-order valence-electron chi connectivity index (χ1n) is 11.0. The van der Waals surface area contributed by atoms with Crippen molar-refractivity contribution in [3.05, 3.63) is 91.9 Å². The fourth-order valence-electron chi connectivity index (χ4n) is 3.53. The number of nitrogens with one attached hydrogen (secondary N) is 1. The highest BCUT2D eigenvalue weighted by Gasteiger charge is 2.37. The van der Waals surface area contributed by atoms with E-state index in [-0.39, 0.29) is 36.4 Å². The van der Waals surface area contributed by atoms with E-state index in [1.54, 1.807) is 12.1 Å². The highest BCUT2D eigenvalue weighted by molar-refractivity contribution is 9.11. The molecule has 0 saturated carbocycles. The van der Waals surface area contributed by atoms with Gasteiger partial charge in [-0.2, -0.15) is 8.42 Å². The van der Waals surface area contributed by atoms with Crippen LogP contribution in [0.3, 0.4) is 0 Å².